The van der Waals surface area contributed by atoms with Crippen LogP contribution < -0.4 is 4.90 Å². The van der Waals surface area contributed by atoms with Crippen molar-refractivity contribution in [2.75, 3.05) is 11.4 Å². The van der Waals surface area contributed by atoms with Crippen molar-refractivity contribution in [1.82, 2.24) is 4.98 Å². The first kappa shape index (κ1) is 9.46. The number of anilines is 1. The van der Waals surface area contributed by atoms with Crippen LogP contribution in [0.3, 0.4) is 0 Å². The first-order valence-electron chi connectivity index (χ1n) is 5.13. The number of aliphatic hydroxyl groups is 1. The predicted molar refractivity (Wildman–Crippen MR) is 56.2 cm³/mol. The van der Waals surface area contributed by atoms with Crippen LogP contribution >= 0.6 is 0 Å². The van der Waals surface area contributed by atoms with Gasteiger partial charge in [0.05, 0.1) is 6.61 Å². The second-order valence-corrected chi connectivity index (χ2v) is 3.85. The lowest BCUT2D eigenvalue weighted by Gasteiger charge is -2.25. The molecule has 1 unspecified atom stereocenters. The molecule has 0 aromatic carbocycles. The SMILES string of the molecule is CC1CCCN1c1ccncc1CO. The summed E-state index contributed by atoms with van der Waals surface area (Å²) in [6, 6.07) is 2.58. The molecule has 1 aromatic heterocycles. The Morgan fingerprint density at radius 2 is 2.50 bits per heavy atom. The second kappa shape index (κ2) is 3.96. The highest BCUT2D eigenvalue weighted by molar-refractivity contribution is 5.53. The van der Waals surface area contributed by atoms with Crippen LogP contribution in [0, 0.1) is 0 Å². The van der Waals surface area contributed by atoms with Crippen molar-refractivity contribution in [2.45, 2.75) is 32.4 Å². The second-order valence-electron chi connectivity index (χ2n) is 3.85. The minimum Gasteiger partial charge on any atom is -0.392 e. The molecule has 14 heavy (non-hydrogen) atoms. The molecule has 1 aliphatic rings. The third-order valence-corrected chi connectivity index (χ3v) is 2.91. The quantitative estimate of drug-likeness (QED) is 0.772. The van der Waals surface area contributed by atoms with E-state index in [0.29, 0.717) is 6.04 Å². The van der Waals surface area contributed by atoms with E-state index in [1.807, 2.05) is 6.07 Å². The van der Waals surface area contributed by atoms with Crippen molar-refractivity contribution in [1.29, 1.82) is 0 Å². The Kier molecular flexibility index (Phi) is 2.68. The molecule has 76 valence electrons. The molecule has 0 bridgehead atoms. The van der Waals surface area contributed by atoms with Gasteiger partial charge in [0, 0.05) is 36.2 Å². The van der Waals surface area contributed by atoms with Crippen LogP contribution in [0.4, 0.5) is 5.69 Å². The van der Waals surface area contributed by atoms with E-state index in [0.717, 1.165) is 17.8 Å². The van der Waals surface area contributed by atoms with E-state index in [9.17, 15) is 5.11 Å². The summed E-state index contributed by atoms with van der Waals surface area (Å²) in [6.45, 7) is 3.40. The molecule has 1 saturated heterocycles. The molecule has 3 nitrogen and oxygen atoms in total. The van der Waals surface area contributed by atoms with E-state index in [2.05, 4.69) is 16.8 Å². The third kappa shape index (κ3) is 1.60. The fraction of sp³-hybridized carbons (Fsp3) is 0.545. The summed E-state index contributed by atoms with van der Waals surface area (Å²) >= 11 is 0. The van der Waals surface area contributed by atoms with Crippen LogP contribution in [0.15, 0.2) is 18.5 Å². The summed E-state index contributed by atoms with van der Waals surface area (Å²) < 4.78 is 0. The van der Waals surface area contributed by atoms with Crippen molar-refractivity contribution in [3.05, 3.63) is 24.0 Å². The van der Waals surface area contributed by atoms with E-state index in [1.54, 1.807) is 12.4 Å². The Bertz CT molecular complexity index is 314. The van der Waals surface area contributed by atoms with Gasteiger partial charge in [-0.3, -0.25) is 4.98 Å². The summed E-state index contributed by atoms with van der Waals surface area (Å²) in [5, 5.41) is 9.20. The minimum absolute atomic E-state index is 0.0758. The number of hydrogen-bond acceptors (Lipinski definition) is 3. The Hall–Kier alpha value is -1.09. The molecule has 1 aliphatic heterocycles. The summed E-state index contributed by atoms with van der Waals surface area (Å²) in [4.78, 5) is 6.38. The molecule has 1 fully saturated rings. The highest BCUT2D eigenvalue weighted by atomic mass is 16.3. The van der Waals surface area contributed by atoms with Gasteiger partial charge in [-0.2, -0.15) is 0 Å². The lowest BCUT2D eigenvalue weighted by Crippen LogP contribution is -2.27. The molecule has 1 atom stereocenters. The molecule has 0 aliphatic carbocycles. The number of hydrogen-bond donors (Lipinski definition) is 1. The highest BCUT2D eigenvalue weighted by Gasteiger charge is 2.22. The predicted octanol–water partition coefficient (Wildman–Crippen LogP) is 1.56. The van der Waals surface area contributed by atoms with Gasteiger partial charge in [0.25, 0.3) is 0 Å². The third-order valence-electron chi connectivity index (χ3n) is 2.91. The Morgan fingerprint density at radius 3 is 3.14 bits per heavy atom. The normalized spacial score (nSPS) is 21.6. The average molecular weight is 192 g/mol. The van der Waals surface area contributed by atoms with E-state index in [4.69, 9.17) is 0 Å². The van der Waals surface area contributed by atoms with Crippen molar-refractivity contribution in [3.8, 4) is 0 Å². The van der Waals surface area contributed by atoms with Gasteiger partial charge in [0.1, 0.15) is 0 Å². The van der Waals surface area contributed by atoms with Gasteiger partial charge in [-0.1, -0.05) is 0 Å². The van der Waals surface area contributed by atoms with Gasteiger partial charge in [0.2, 0.25) is 0 Å². The molecule has 2 heterocycles. The van der Waals surface area contributed by atoms with Crippen molar-refractivity contribution >= 4 is 5.69 Å². The molecule has 1 aromatic rings. The molecule has 0 amide bonds. The van der Waals surface area contributed by atoms with Crippen molar-refractivity contribution < 1.29 is 5.11 Å². The van der Waals surface area contributed by atoms with E-state index < -0.39 is 0 Å². The monoisotopic (exact) mass is 192 g/mol. The standard InChI is InChI=1S/C11H16N2O/c1-9-3-2-6-13(9)11-4-5-12-7-10(11)8-14/h4-5,7,9,14H,2-3,6,8H2,1H3. The number of nitrogens with zero attached hydrogens (tertiary/aromatic N) is 2. The van der Waals surface area contributed by atoms with Crippen LogP contribution in [-0.4, -0.2) is 22.7 Å². The van der Waals surface area contributed by atoms with Gasteiger partial charge in [-0.15, -0.1) is 0 Å². The largest absolute Gasteiger partial charge is 0.392 e. The summed E-state index contributed by atoms with van der Waals surface area (Å²) in [7, 11) is 0. The summed E-state index contributed by atoms with van der Waals surface area (Å²) in [6.07, 6.45) is 6.03. The fourth-order valence-corrected chi connectivity index (χ4v) is 2.11. The van der Waals surface area contributed by atoms with Crippen molar-refractivity contribution in [2.24, 2.45) is 0 Å². The van der Waals surface area contributed by atoms with Gasteiger partial charge in [-0.05, 0) is 25.8 Å². The molecule has 0 saturated carbocycles. The first-order valence-corrected chi connectivity index (χ1v) is 5.13. The van der Waals surface area contributed by atoms with Crippen LogP contribution in [0.2, 0.25) is 0 Å². The van der Waals surface area contributed by atoms with Gasteiger partial charge < -0.3 is 10.0 Å². The number of pyridine rings is 1. The molecule has 2 rings (SSSR count). The van der Waals surface area contributed by atoms with Crippen LogP contribution in [0.25, 0.3) is 0 Å². The van der Waals surface area contributed by atoms with E-state index in [1.165, 1.54) is 12.8 Å². The molecule has 0 spiro atoms. The molecule has 3 heteroatoms. The van der Waals surface area contributed by atoms with Crippen molar-refractivity contribution in [3.63, 3.8) is 0 Å². The topological polar surface area (TPSA) is 36.4 Å². The Balaban J connectivity index is 2.30. The zero-order valence-electron chi connectivity index (χ0n) is 8.48. The Morgan fingerprint density at radius 1 is 1.64 bits per heavy atom. The zero-order valence-corrected chi connectivity index (χ0v) is 8.48. The number of rotatable bonds is 2. The zero-order chi connectivity index (χ0) is 9.97. The highest BCUT2D eigenvalue weighted by Crippen LogP contribution is 2.27. The van der Waals surface area contributed by atoms with Crippen LogP contribution in [0.5, 0.6) is 0 Å². The van der Waals surface area contributed by atoms with E-state index >= 15 is 0 Å². The van der Waals surface area contributed by atoms with Gasteiger partial charge in [-0.25, -0.2) is 0 Å². The number of aliphatic hydroxyl groups excluding tert-OH is 1. The average Bonchev–Trinajstić information content (AvgIpc) is 2.64. The molecular weight excluding hydrogens is 176 g/mol. The molecular formula is C11H16N2O. The number of aromatic nitrogens is 1. The Labute approximate surface area is 84.4 Å². The summed E-state index contributed by atoms with van der Waals surface area (Å²) in [5.41, 5.74) is 2.08. The van der Waals surface area contributed by atoms with Gasteiger partial charge >= 0.3 is 0 Å². The van der Waals surface area contributed by atoms with Crippen LogP contribution in [0.1, 0.15) is 25.3 Å². The smallest absolute Gasteiger partial charge is 0.0717 e. The maximum atomic E-state index is 9.20. The molecule has 0 radical (unpaired) electrons. The van der Waals surface area contributed by atoms with Crippen LogP contribution in [-0.2, 0) is 6.61 Å². The lowest BCUT2D eigenvalue weighted by molar-refractivity contribution is 0.281. The van der Waals surface area contributed by atoms with Gasteiger partial charge in [0.15, 0.2) is 0 Å². The molecule has 1 N–H and O–H groups in total. The lowest BCUT2D eigenvalue weighted by atomic mass is 10.2. The maximum absolute atomic E-state index is 9.20. The maximum Gasteiger partial charge on any atom is 0.0717 e. The first-order chi connectivity index (χ1) is 6.83. The minimum atomic E-state index is 0.0758. The summed E-state index contributed by atoms with van der Waals surface area (Å²) in [5.74, 6) is 0. The van der Waals surface area contributed by atoms with E-state index in [-0.39, 0.29) is 6.61 Å². The fourth-order valence-electron chi connectivity index (χ4n) is 2.11.